The van der Waals surface area contributed by atoms with E-state index < -0.39 is 12.3 Å². The number of benzene rings is 1. The fourth-order valence-corrected chi connectivity index (χ4v) is 2.12. The van der Waals surface area contributed by atoms with Gasteiger partial charge in [0, 0.05) is 11.6 Å². The van der Waals surface area contributed by atoms with Gasteiger partial charge in [-0.05, 0) is 30.5 Å². The summed E-state index contributed by atoms with van der Waals surface area (Å²) in [5, 5.41) is 0. The maximum absolute atomic E-state index is 12.2. The van der Waals surface area contributed by atoms with Crippen molar-refractivity contribution < 1.29 is 18.1 Å². The van der Waals surface area contributed by atoms with Crippen LogP contribution < -0.4 is 15.4 Å². The van der Waals surface area contributed by atoms with Crippen LogP contribution in [0.2, 0.25) is 0 Å². The molecule has 2 N–H and O–H groups in total. The van der Waals surface area contributed by atoms with Crippen LogP contribution in [0.4, 0.5) is 14.5 Å². The van der Waals surface area contributed by atoms with Gasteiger partial charge in [0.05, 0.1) is 5.69 Å². The zero-order valence-electron chi connectivity index (χ0n) is 12.2. The van der Waals surface area contributed by atoms with Crippen LogP contribution >= 0.6 is 0 Å². The Morgan fingerprint density at radius 2 is 1.95 bits per heavy atom. The molecule has 0 aliphatic heterocycles. The number of rotatable bonds is 6. The smallest absolute Gasteiger partial charge is 0.298 e. The molecule has 22 heavy (non-hydrogen) atoms. The van der Waals surface area contributed by atoms with E-state index in [-0.39, 0.29) is 0 Å². The SMILES string of the molecule is C[n+]1cccc(CCc2ccccc2NNC(=O)C(F)F)c1. The first-order valence-corrected chi connectivity index (χ1v) is 6.92. The molecule has 2 rings (SSSR count). The zero-order valence-corrected chi connectivity index (χ0v) is 12.2. The minimum atomic E-state index is -3.04. The standard InChI is InChI=1S/C16H17F2N3O/c1-21-10-4-5-12(11-21)8-9-13-6-2-3-7-14(13)19-20-16(22)15(17)18/h2-7,10-11,15,19H,8-9H2,1H3/p+1. The van der Waals surface area contributed by atoms with Crippen molar-refractivity contribution in [1.82, 2.24) is 5.43 Å². The lowest BCUT2D eigenvalue weighted by atomic mass is 10.0. The number of carbonyl (C=O) groups is 1. The molecule has 4 nitrogen and oxygen atoms in total. The van der Waals surface area contributed by atoms with Gasteiger partial charge in [0.2, 0.25) is 0 Å². The number of pyridine rings is 1. The lowest BCUT2D eigenvalue weighted by Crippen LogP contribution is -2.34. The van der Waals surface area contributed by atoms with E-state index in [1.54, 1.807) is 12.1 Å². The van der Waals surface area contributed by atoms with Gasteiger partial charge in [-0.1, -0.05) is 18.2 Å². The second-order valence-corrected chi connectivity index (χ2v) is 4.95. The molecule has 1 aromatic carbocycles. The number of halogens is 2. The Morgan fingerprint density at radius 3 is 2.68 bits per heavy atom. The number of aryl methyl sites for hydroxylation is 3. The highest BCUT2D eigenvalue weighted by Gasteiger charge is 2.14. The number of hydrogen-bond donors (Lipinski definition) is 2. The molecule has 0 spiro atoms. The van der Waals surface area contributed by atoms with Crippen molar-refractivity contribution >= 4 is 11.6 Å². The van der Waals surface area contributed by atoms with Crippen LogP contribution in [-0.2, 0) is 24.7 Å². The molecule has 0 bridgehead atoms. The molecular formula is C16H18F2N3O+. The topological polar surface area (TPSA) is 45.0 Å². The van der Waals surface area contributed by atoms with Gasteiger partial charge in [-0.2, -0.15) is 8.78 Å². The van der Waals surface area contributed by atoms with Crippen LogP contribution in [0.25, 0.3) is 0 Å². The number of nitrogens with one attached hydrogen (secondary N) is 2. The Hall–Kier alpha value is -2.50. The van der Waals surface area contributed by atoms with E-state index in [4.69, 9.17) is 0 Å². The molecule has 0 atom stereocenters. The summed E-state index contributed by atoms with van der Waals surface area (Å²) in [6.07, 6.45) is 2.51. The van der Waals surface area contributed by atoms with E-state index in [0.29, 0.717) is 5.69 Å². The lowest BCUT2D eigenvalue weighted by Gasteiger charge is -2.12. The van der Waals surface area contributed by atoms with E-state index in [2.05, 4.69) is 5.43 Å². The first kappa shape index (κ1) is 15.9. The van der Waals surface area contributed by atoms with E-state index in [1.807, 2.05) is 53.7 Å². The van der Waals surface area contributed by atoms with Crippen LogP contribution in [0.3, 0.4) is 0 Å². The Balaban J connectivity index is 2.00. The number of anilines is 1. The van der Waals surface area contributed by atoms with Crippen molar-refractivity contribution in [3.05, 3.63) is 59.9 Å². The highest BCUT2D eigenvalue weighted by molar-refractivity contribution is 5.80. The molecule has 1 heterocycles. The van der Waals surface area contributed by atoms with Crippen molar-refractivity contribution in [2.75, 3.05) is 5.43 Å². The summed E-state index contributed by atoms with van der Waals surface area (Å²) < 4.78 is 26.3. The van der Waals surface area contributed by atoms with Crippen molar-refractivity contribution in [2.24, 2.45) is 7.05 Å². The number of alkyl halides is 2. The molecule has 0 saturated heterocycles. The van der Waals surface area contributed by atoms with Gasteiger partial charge < -0.3 is 0 Å². The van der Waals surface area contributed by atoms with Gasteiger partial charge in [0.25, 0.3) is 0 Å². The third-order valence-electron chi connectivity index (χ3n) is 3.22. The summed E-state index contributed by atoms with van der Waals surface area (Å²) in [6, 6.07) is 11.3. The second-order valence-electron chi connectivity index (χ2n) is 4.95. The van der Waals surface area contributed by atoms with Gasteiger partial charge in [-0.3, -0.25) is 15.6 Å². The summed E-state index contributed by atoms with van der Waals surface area (Å²) in [4.78, 5) is 10.9. The number of carbonyl (C=O) groups excluding carboxylic acids is 1. The first-order chi connectivity index (χ1) is 10.6. The van der Waals surface area contributed by atoms with Crippen LogP contribution in [0, 0.1) is 0 Å². The predicted octanol–water partition coefficient (Wildman–Crippen LogP) is 2.00. The molecule has 0 aliphatic carbocycles. The van der Waals surface area contributed by atoms with E-state index in [1.165, 1.54) is 5.56 Å². The highest BCUT2D eigenvalue weighted by Crippen LogP contribution is 2.16. The largest absolute Gasteiger partial charge is 0.317 e. The van der Waals surface area contributed by atoms with Crippen LogP contribution in [0.5, 0.6) is 0 Å². The normalized spacial score (nSPS) is 10.5. The Kier molecular flexibility index (Phi) is 5.41. The monoisotopic (exact) mass is 306 g/mol. The Labute approximate surface area is 127 Å². The van der Waals surface area contributed by atoms with Crippen molar-refractivity contribution in [2.45, 2.75) is 19.3 Å². The summed E-state index contributed by atoms with van der Waals surface area (Å²) in [5.74, 6) is -1.34. The van der Waals surface area contributed by atoms with Gasteiger partial charge in [-0.25, -0.2) is 4.57 Å². The third-order valence-corrected chi connectivity index (χ3v) is 3.22. The van der Waals surface area contributed by atoms with Crippen molar-refractivity contribution in [1.29, 1.82) is 0 Å². The zero-order chi connectivity index (χ0) is 15.9. The molecule has 0 fully saturated rings. The van der Waals surface area contributed by atoms with Crippen molar-refractivity contribution in [3.8, 4) is 0 Å². The Bertz CT molecular complexity index is 647. The van der Waals surface area contributed by atoms with Crippen LogP contribution in [-0.4, -0.2) is 12.3 Å². The molecule has 6 heteroatoms. The number of hydrogen-bond acceptors (Lipinski definition) is 2. The Morgan fingerprint density at radius 1 is 1.18 bits per heavy atom. The van der Waals surface area contributed by atoms with E-state index in [0.717, 1.165) is 18.4 Å². The quantitative estimate of drug-likeness (QED) is 0.633. The molecule has 0 unspecified atom stereocenters. The molecule has 2 aromatic rings. The summed E-state index contributed by atoms with van der Waals surface area (Å²) in [7, 11) is 1.96. The van der Waals surface area contributed by atoms with E-state index in [9.17, 15) is 13.6 Å². The van der Waals surface area contributed by atoms with Gasteiger partial charge in [0.1, 0.15) is 7.05 Å². The molecule has 0 radical (unpaired) electrons. The van der Waals surface area contributed by atoms with Crippen LogP contribution in [0.1, 0.15) is 11.1 Å². The number of para-hydroxylation sites is 1. The number of nitrogens with zero attached hydrogens (tertiary/aromatic N) is 1. The molecule has 116 valence electrons. The number of amides is 1. The summed E-state index contributed by atoms with van der Waals surface area (Å²) >= 11 is 0. The first-order valence-electron chi connectivity index (χ1n) is 6.92. The fourth-order valence-electron chi connectivity index (χ4n) is 2.12. The van der Waals surface area contributed by atoms with Crippen LogP contribution in [0.15, 0.2) is 48.8 Å². The van der Waals surface area contributed by atoms with E-state index >= 15 is 0 Å². The minimum Gasteiger partial charge on any atom is -0.298 e. The molecule has 1 aromatic heterocycles. The molecule has 0 aliphatic rings. The minimum absolute atomic E-state index is 0.622. The fraction of sp³-hybridized carbons (Fsp3) is 0.250. The highest BCUT2D eigenvalue weighted by atomic mass is 19.3. The van der Waals surface area contributed by atoms with Gasteiger partial charge in [-0.15, -0.1) is 0 Å². The maximum atomic E-state index is 12.2. The summed E-state index contributed by atoms with van der Waals surface area (Å²) in [6.45, 7) is 0. The third kappa shape index (κ3) is 4.51. The molecule has 0 saturated carbocycles. The summed E-state index contributed by atoms with van der Waals surface area (Å²) in [5.41, 5.74) is 7.31. The van der Waals surface area contributed by atoms with Gasteiger partial charge >= 0.3 is 12.3 Å². The average Bonchev–Trinajstić information content (AvgIpc) is 2.51. The second kappa shape index (κ2) is 7.49. The molecule has 1 amide bonds. The average molecular weight is 306 g/mol. The number of aromatic nitrogens is 1. The maximum Gasteiger partial charge on any atom is 0.317 e. The predicted molar refractivity (Wildman–Crippen MR) is 79.2 cm³/mol. The molecular weight excluding hydrogens is 288 g/mol. The lowest BCUT2D eigenvalue weighted by molar-refractivity contribution is -0.671. The van der Waals surface area contributed by atoms with Crippen molar-refractivity contribution in [3.63, 3.8) is 0 Å². The van der Waals surface area contributed by atoms with Gasteiger partial charge in [0.15, 0.2) is 12.4 Å². The number of hydrazine groups is 1.